The second-order valence-electron chi connectivity index (χ2n) is 5.11. The lowest BCUT2D eigenvalue weighted by atomic mass is 9.89. The van der Waals surface area contributed by atoms with Gasteiger partial charge in [0.1, 0.15) is 6.61 Å². The highest BCUT2D eigenvalue weighted by Gasteiger charge is 2.23. The van der Waals surface area contributed by atoms with Crippen molar-refractivity contribution in [3.05, 3.63) is 35.9 Å². The van der Waals surface area contributed by atoms with Gasteiger partial charge in [0.15, 0.2) is 0 Å². The molecular formula is C16H23NO3. The lowest BCUT2D eigenvalue weighted by Crippen LogP contribution is -2.40. The van der Waals surface area contributed by atoms with Gasteiger partial charge in [-0.25, -0.2) is 0 Å². The molecular weight excluding hydrogens is 254 g/mol. The predicted molar refractivity (Wildman–Crippen MR) is 77.7 cm³/mol. The highest BCUT2D eigenvalue weighted by molar-refractivity contribution is 5.77. The summed E-state index contributed by atoms with van der Waals surface area (Å²) in [5, 5.41) is 0. The molecule has 1 fully saturated rings. The molecule has 1 amide bonds. The fourth-order valence-corrected chi connectivity index (χ4v) is 2.58. The molecule has 0 aliphatic carbocycles. The summed E-state index contributed by atoms with van der Waals surface area (Å²) in [6.45, 7) is 2.82. The molecule has 1 aliphatic rings. The van der Waals surface area contributed by atoms with Gasteiger partial charge < -0.3 is 14.4 Å². The van der Waals surface area contributed by atoms with Gasteiger partial charge in [-0.05, 0) is 24.3 Å². The molecule has 110 valence electrons. The number of ether oxygens (including phenoxy) is 2. The first-order valence-electron chi connectivity index (χ1n) is 7.20. The van der Waals surface area contributed by atoms with Gasteiger partial charge in [0.25, 0.3) is 0 Å². The maximum Gasteiger partial charge on any atom is 0.248 e. The number of likely N-dealkylation sites (tertiary alicyclic amines) is 1. The molecule has 1 aromatic rings. The molecule has 20 heavy (non-hydrogen) atoms. The van der Waals surface area contributed by atoms with E-state index in [-0.39, 0.29) is 12.5 Å². The molecule has 1 saturated heterocycles. The number of hydrogen-bond acceptors (Lipinski definition) is 3. The van der Waals surface area contributed by atoms with Gasteiger partial charge in [-0.3, -0.25) is 4.79 Å². The van der Waals surface area contributed by atoms with Crippen LogP contribution >= 0.6 is 0 Å². The van der Waals surface area contributed by atoms with Crippen molar-refractivity contribution in [2.24, 2.45) is 0 Å². The second-order valence-corrected chi connectivity index (χ2v) is 5.11. The van der Waals surface area contributed by atoms with Crippen LogP contribution in [-0.2, 0) is 14.3 Å². The van der Waals surface area contributed by atoms with Crippen LogP contribution in [0.1, 0.15) is 24.3 Å². The quantitative estimate of drug-likeness (QED) is 0.747. The van der Waals surface area contributed by atoms with Crippen molar-refractivity contribution in [1.29, 1.82) is 0 Å². The molecule has 0 radical (unpaired) electrons. The Morgan fingerprint density at radius 2 is 1.90 bits per heavy atom. The molecule has 0 aromatic heterocycles. The number of hydrogen-bond donors (Lipinski definition) is 0. The topological polar surface area (TPSA) is 38.8 Å². The summed E-state index contributed by atoms with van der Waals surface area (Å²) in [4.78, 5) is 13.9. The minimum absolute atomic E-state index is 0.0904. The van der Waals surface area contributed by atoms with E-state index < -0.39 is 0 Å². The Hall–Kier alpha value is -1.39. The van der Waals surface area contributed by atoms with E-state index in [1.165, 1.54) is 5.56 Å². The maximum atomic E-state index is 12.0. The van der Waals surface area contributed by atoms with E-state index in [2.05, 4.69) is 24.3 Å². The second kappa shape index (κ2) is 8.02. The monoisotopic (exact) mass is 277 g/mol. The van der Waals surface area contributed by atoms with Crippen LogP contribution in [-0.4, -0.2) is 50.8 Å². The molecule has 1 aliphatic heterocycles. The van der Waals surface area contributed by atoms with Gasteiger partial charge in [0, 0.05) is 20.2 Å². The normalized spacial score (nSPS) is 16.4. The fraction of sp³-hybridized carbons (Fsp3) is 0.562. The lowest BCUT2D eigenvalue weighted by Gasteiger charge is -2.32. The Kier molecular flexibility index (Phi) is 6.02. The summed E-state index contributed by atoms with van der Waals surface area (Å²) in [6.07, 6.45) is 2.07. The van der Waals surface area contributed by atoms with E-state index in [4.69, 9.17) is 9.47 Å². The zero-order valence-electron chi connectivity index (χ0n) is 12.1. The zero-order valence-corrected chi connectivity index (χ0v) is 12.1. The van der Waals surface area contributed by atoms with E-state index in [1.807, 2.05) is 11.0 Å². The van der Waals surface area contributed by atoms with Crippen molar-refractivity contribution in [2.75, 3.05) is 40.0 Å². The standard InChI is InChI=1S/C16H23NO3/c1-19-11-12-20-13-16(18)17-9-7-15(8-10-17)14-5-3-2-4-6-14/h2-6,15H,7-13H2,1H3. The number of rotatable bonds is 6. The molecule has 0 N–H and O–H groups in total. The molecule has 0 spiro atoms. The molecule has 1 heterocycles. The Morgan fingerprint density at radius 1 is 1.20 bits per heavy atom. The Morgan fingerprint density at radius 3 is 2.55 bits per heavy atom. The van der Waals surface area contributed by atoms with Gasteiger partial charge in [0.05, 0.1) is 13.2 Å². The van der Waals surface area contributed by atoms with Crippen molar-refractivity contribution >= 4 is 5.91 Å². The van der Waals surface area contributed by atoms with Crippen molar-refractivity contribution in [3.8, 4) is 0 Å². The van der Waals surface area contributed by atoms with Crippen LogP contribution in [0.3, 0.4) is 0 Å². The summed E-state index contributed by atoms with van der Waals surface area (Å²) in [6, 6.07) is 10.6. The van der Waals surface area contributed by atoms with E-state index in [9.17, 15) is 4.79 Å². The van der Waals surface area contributed by atoms with Crippen LogP contribution in [0.4, 0.5) is 0 Å². The highest BCUT2D eigenvalue weighted by Crippen LogP contribution is 2.27. The zero-order chi connectivity index (χ0) is 14.2. The lowest BCUT2D eigenvalue weighted by molar-refractivity contribution is -0.137. The summed E-state index contributed by atoms with van der Waals surface area (Å²) in [5.41, 5.74) is 1.39. The largest absolute Gasteiger partial charge is 0.382 e. The van der Waals surface area contributed by atoms with Crippen LogP contribution in [0.5, 0.6) is 0 Å². The van der Waals surface area contributed by atoms with Gasteiger partial charge in [0.2, 0.25) is 5.91 Å². The molecule has 4 heteroatoms. The molecule has 2 rings (SSSR count). The Balaban J connectivity index is 1.72. The van der Waals surface area contributed by atoms with Crippen molar-refractivity contribution in [2.45, 2.75) is 18.8 Å². The van der Waals surface area contributed by atoms with Crippen LogP contribution in [0, 0.1) is 0 Å². The van der Waals surface area contributed by atoms with Crippen LogP contribution in [0.2, 0.25) is 0 Å². The minimum atomic E-state index is 0.0904. The van der Waals surface area contributed by atoms with Crippen molar-refractivity contribution in [1.82, 2.24) is 4.90 Å². The third-order valence-corrected chi connectivity index (χ3v) is 3.78. The number of nitrogens with zero attached hydrogens (tertiary/aromatic N) is 1. The molecule has 1 aromatic carbocycles. The van der Waals surface area contributed by atoms with E-state index in [0.29, 0.717) is 19.1 Å². The fourth-order valence-electron chi connectivity index (χ4n) is 2.58. The number of benzene rings is 1. The highest BCUT2D eigenvalue weighted by atomic mass is 16.5. The SMILES string of the molecule is COCCOCC(=O)N1CCC(c2ccccc2)CC1. The summed E-state index contributed by atoms with van der Waals surface area (Å²) >= 11 is 0. The first-order chi connectivity index (χ1) is 9.81. The summed E-state index contributed by atoms with van der Waals surface area (Å²) in [7, 11) is 1.62. The smallest absolute Gasteiger partial charge is 0.248 e. The molecule has 0 bridgehead atoms. The molecule has 0 saturated carbocycles. The van der Waals surface area contributed by atoms with Gasteiger partial charge in [-0.2, -0.15) is 0 Å². The Labute approximate surface area is 120 Å². The van der Waals surface area contributed by atoms with E-state index in [0.717, 1.165) is 25.9 Å². The number of piperidine rings is 1. The average molecular weight is 277 g/mol. The number of amides is 1. The minimum Gasteiger partial charge on any atom is -0.382 e. The van der Waals surface area contributed by atoms with Crippen molar-refractivity contribution in [3.63, 3.8) is 0 Å². The average Bonchev–Trinajstić information content (AvgIpc) is 2.52. The number of carbonyl (C=O) groups is 1. The number of methoxy groups -OCH3 is 1. The van der Waals surface area contributed by atoms with Crippen LogP contribution < -0.4 is 0 Å². The van der Waals surface area contributed by atoms with Crippen LogP contribution in [0.15, 0.2) is 30.3 Å². The first kappa shape index (κ1) is 15.0. The maximum absolute atomic E-state index is 12.0. The Bertz CT molecular complexity index is 399. The number of carbonyl (C=O) groups excluding carboxylic acids is 1. The van der Waals surface area contributed by atoms with Crippen molar-refractivity contribution < 1.29 is 14.3 Å². The predicted octanol–water partition coefficient (Wildman–Crippen LogP) is 2.06. The molecule has 0 atom stereocenters. The summed E-state index contributed by atoms with van der Waals surface area (Å²) in [5.74, 6) is 0.669. The van der Waals surface area contributed by atoms with Gasteiger partial charge in [-0.1, -0.05) is 30.3 Å². The van der Waals surface area contributed by atoms with Gasteiger partial charge in [-0.15, -0.1) is 0 Å². The summed E-state index contributed by atoms with van der Waals surface area (Å²) < 4.78 is 10.2. The molecule has 0 unspecified atom stereocenters. The van der Waals surface area contributed by atoms with E-state index in [1.54, 1.807) is 7.11 Å². The third-order valence-electron chi connectivity index (χ3n) is 3.78. The van der Waals surface area contributed by atoms with E-state index >= 15 is 0 Å². The molecule has 4 nitrogen and oxygen atoms in total. The first-order valence-corrected chi connectivity index (χ1v) is 7.20. The third kappa shape index (κ3) is 4.32. The van der Waals surface area contributed by atoms with Gasteiger partial charge >= 0.3 is 0 Å². The van der Waals surface area contributed by atoms with Crippen LogP contribution in [0.25, 0.3) is 0 Å².